The molecule has 1 fully saturated rings. The topological polar surface area (TPSA) is 42.6 Å². The number of fused-ring (bicyclic) bond motifs is 1. The third-order valence-electron chi connectivity index (χ3n) is 5.00. The molecule has 1 atom stereocenters. The first-order valence-electron chi connectivity index (χ1n) is 9.02. The summed E-state index contributed by atoms with van der Waals surface area (Å²) in [7, 11) is 0. The Balaban J connectivity index is 1.85. The van der Waals surface area contributed by atoms with Gasteiger partial charge in [0.15, 0.2) is 0 Å². The van der Waals surface area contributed by atoms with Crippen molar-refractivity contribution in [2.75, 3.05) is 18.0 Å². The normalized spacial score (nSPS) is 19.8. The minimum atomic E-state index is -0.00183. The molecular weight excluding hydrogens is 308 g/mol. The highest BCUT2D eigenvalue weighted by Crippen LogP contribution is 2.40. The molecule has 0 spiro atoms. The van der Waals surface area contributed by atoms with Crippen molar-refractivity contribution < 1.29 is 0 Å². The molecule has 0 saturated carbocycles. The van der Waals surface area contributed by atoms with E-state index in [2.05, 4.69) is 40.1 Å². The lowest BCUT2D eigenvalue weighted by atomic mass is 9.98. The van der Waals surface area contributed by atoms with Crippen LogP contribution < -0.4 is 4.90 Å². The molecular formula is C21H22N4. The first-order valence-corrected chi connectivity index (χ1v) is 9.02. The van der Waals surface area contributed by atoms with E-state index in [0.29, 0.717) is 6.42 Å². The summed E-state index contributed by atoms with van der Waals surface area (Å²) in [6.07, 6.45) is 4.13. The van der Waals surface area contributed by atoms with Crippen molar-refractivity contribution in [1.82, 2.24) is 4.90 Å². The molecule has 0 radical (unpaired) electrons. The number of likely N-dealkylation sites (tertiary alicyclic amines) is 1. The van der Waals surface area contributed by atoms with E-state index < -0.39 is 0 Å². The van der Waals surface area contributed by atoms with Crippen LogP contribution in [0.2, 0.25) is 0 Å². The monoisotopic (exact) mass is 330 g/mol. The Morgan fingerprint density at radius 3 is 2.44 bits per heavy atom. The summed E-state index contributed by atoms with van der Waals surface area (Å²) in [6, 6.07) is 20.9. The zero-order valence-electron chi connectivity index (χ0n) is 14.3. The molecule has 2 heterocycles. The highest BCUT2D eigenvalue weighted by atomic mass is 15.4. The van der Waals surface area contributed by atoms with E-state index in [4.69, 9.17) is 4.99 Å². The minimum absolute atomic E-state index is 0.00183. The maximum absolute atomic E-state index is 9.48. The minimum Gasteiger partial charge on any atom is -0.342 e. The van der Waals surface area contributed by atoms with Gasteiger partial charge in [0.1, 0.15) is 0 Å². The Kier molecular flexibility index (Phi) is 4.39. The molecule has 0 aromatic heterocycles. The van der Waals surface area contributed by atoms with Crippen LogP contribution in [-0.4, -0.2) is 23.9 Å². The number of aliphatic imine (C=N–C) groups is 1. The fourth-order valence-electron chi connectivity index (χ4n) is 3.80. The lowest BCUT2D eigenvalue weighted by molar-refractivity contribution is 0.333. The van der Waals surface area contributed by atoms with Gasteiger partial charge in [0.25, 0.3) is 0 Å². The molecule has 2 aliphatic rings. The van der Waals surface area contributed by atoms with Crippen molar-refractivity contribution in [3.8, 4) is 6.07 Å². The van der Waals surface area contributed by atoms with Crippen LogP contribution in [0.3, 0.4) is 0 Å². The maximum atomic E-state index is 9.48. The second kappa shape index (κ2) is 6.98. The largest absolute Gasteiger partial charge is 0.342 e. The molecule has 1 saturated heterocycles. The van der Waals surface area contributed by atoms with Gasteiger partial charge in [0.05, 0.1) is 24.2 Å². The summed E-state index contributed by atoms with van der Waals surface area (Å²) in [4.78, 5) is 9.66. The number of nitrogens with zero attached hydrogens (tertiary/aromatic N) is 4. The van der Waals surface area contributed by atoms with Gasteiger partial charge in [0.2, 0.25) is 5.96 Å². The van der Waals surface area contributed by atoms with Gasteiger partial charge in [-0.1, -0.05) is 36.4 Å². The van der Waals surface area contributed by atoms with Crippen LogP contribution in [0.15, 0.2) is 59.6 Å². The summed E-state index contributed by atoms with van der Waals surface area (Å²) in [6.45, 7) is 2.06. The van der Waals surface area contributed by atoms with Gasteiger partial charge in [-0.3, -0.25) is 0 Å². The molecule has 4 nitrogen and oxygen atoms in total. The standard InChI is InChI=1S/C21H22N4/c22-14-13-20-18-11-5-6-12-19(18)23-21(24-15-7-2-8-16-24)25(20)17-9-3-1-4-10-17/h1,3-6,9-12,20H,2,7-8,13,15-16H2. The first kappa shape index (κ1) is 15.7. The molecule has 25 heavy (non-hydrogen) atoms. The summed E-state index contributed by atoms with van der Waals surface area (Å²) in [5.41, 5.74) is 3.23. The third kappa shape index (κ3) is 2.98. The van der Waals surface area contributed by atoms with Crippen molar-refractivity contribution in [3.05, 3.63) is 60.2 Å². The highest BCUT2D eigenvalue weighted by molar-refractivity contribution is 6.00. The molecule has 0 aliphatic carbocycles. The predicted molar refractivity (Wildman–Crippen MR) is 101 cm³/mol. The Morgan fingerprint density at radius 1 is 0.960 bits per heavy atom. The van der Waals surface area contributed by atoms with Gasteiger partial charge < -0.3 is 9.80 Å². The van der Waals surface area contributed by atoms with Crippen LogP contribution in [0.4, 0.5) is 11.4 Å². The maximum Gasteiger partial charge on any atom is 0.207 e. The van der Waals surface area contributed by atoms with Crippen LogP contribution in [0, 0.1) is 11.3 Å². The zero-order chi connectivity index (χ0) is 17.1. The molecule has 2 aliphatic heterocycles. The second-order valence-corrected chi connectivity index (χ2v) is 6.60. The van der Waals surface area contributed by atoms with Crippen LogP contribution in [0.1, 0.15) is 37.3 Å². The number of hydrogen-bond acceptors (Lipinski definition) is 4. The smallest absolute Gasteiger partial charge is 0.207 e. The third-order valence-corrected chi connectivity index (χ3v) is 5.00. The van der Waals surface area contributed by atoms with Gasteiger partial charge in [-0.2, -0.15) is 5.26 Å². The van der Waals surface area contributed by atoms with E-state index >= 15 is 0 Å². The van der Waals surface area contributed by atoms with Crippen molar-refractivity contribution in [2.45, 2.75) is 31.7 Å². The number of nitriles is 1. The van der Waals surface area contributed by atoms with Crippen molar-refractivity contribution in [1.29, 1.82) is 5.26 Å². The Bertz CT molecular complexity index is 800. The Morgan fingerprint density at radius 2 is 1.68 bits per heavy atom. The fourth-order valence-corrected chi connectivity index (χ4v) is 3.80. The van der Waals surface area contributed by atoms with Crippen LogP contribution in [-0.2, 0) is 0 Å². The van der Waals surface area contributed by atoms with Crippen molar-refractivity contribution >= 4 is 17.3 Å². The number of anilines is 1. The highest BCUT2D eigenvalue weighted by Gasteiger charge is 2.34. The zero-order valence-corrected chi connectivity index (χ0v) is 14.3. The second-order valence-electron chi connectivity index (χ2n) is 6.60. The van der Waals surface area contributed by atoms with E-state index in [9.17, 15) is 5.26 Å². The number of guanidine groups is 1. The van der Waals surface area contributed by atoms with E-state index in [1.807, 2.05) is 30.3 Å². The number of piperidine rings is 1. The lowest BCUT2D eigenvalue weighted by Gasteiger charge is -2.42. The number of hydrogen-bond donors (Lipinski definition) is 0. The van der Waals surface area contributed by atoms with E-state index in [1.54, 1.807) is 0 Å². The first-order chi connectivity index (χ1) is 12.4. The summed E-state index contributed by atoms with van der Waals surface area (Å²) >= 11 is 0. The summed E-state index contributed by atoms with van der Waals surface area (Å²) in [5.74, 6) is 0.991. The molecule has 0 bridgehead atoms. The van der Waals surface area contributed by atoms with Gasteiger partial charge in [-0.15, -0.1) is 0 Å². The average molecular weight is 330 g/mol. The van der Waals surface area contributed by atoms with Crippen LogP contribution in [0.5, 0.6) is 0 Å². The fraction of sp³-hybridized carbons (Fsp3) is 0.333. The molecule has 4 rings (SSSR count). The summed E-state index contributed by atoms with van der Waals surface area (Å²) < 4.78 is 0. The van der Waals surface area contributed by atoms with E-state index in [-0.39, 0.29) is 6.04 Å². The molecule has 2 aromatic carbocycles. The average Bonchev–Trinajstić information content (AvgIpc) is 2.69. The quantitative estimate of drug-likeness (QED) is 0.806. The molecule has 1 unspecified atom stereocenters. The van der Waals surface area contributed by atoms with Gasteiger partial charge in [-0.05, 0) is 37.5 Å². The van der Waals surface area contributed by atoms with Crippen LogP contribution in [0.25, 0.3) is 0 Å². The van der Waals surface area contributed by atoms with E-state index in [0.717, 1.165) is 36.0 Å². The Hall–Kier alpha value is -2.80. The number of rotatable bonds is 2. The molecule has 4 heteroatoms. The SMILES string of the molecule is N#CCC1c2ccccc2N=C(N2CCCCC2)N1c1ccccc1. The van der Waals surface area contributed by atoms with Gasteiger partial charge in [-0.25, -0.2) is 4.99 Å². The Labute approximate surface area is 149 Å². The van der Waals surface area contributed by atoms with Crippen molar-refractivity contribution in [2.24, 2.45) is 4.99 Å². The van der Waals surface area contributed by atoms with Crippen LogP contribution >= 0.6 is 0 Å². The van der Waals surface area contributed by atoms with Crippen molar-refractivity contribution in [3.63, 3.8) is 0 Å². The molecule has 0 N–H and O–H groups in total. The molecule has 2 aromatic rings. The van der Waals surface area contributed by atoms with Gasteiger partial charge in [0, 0.05) is 24.3 Å². The summed E-state index contributed by atoms with van der Waals surface area (Å²) in [5, 5.41) is 9.48. The lowest BCUT2D eigenvalue weighted by Crippen LogP contribution is -2.49. The molecule has 0 amide bonds. The molecule has 126 valence electrons. The predicted octanol–water partition coefficient (Wildman–Crippen LogP) is 4.63. The van der Waals surface area contributed by atoms with E-state index in [1.165, 1.54) is 19.3 Å². The number of benzene rings is 2. The van der Waals surface area contributed by atoms with Gasteiger partial charge >= 0.3 is 0 Å². The number of para-hydroxylation sites is 2.